The van der Waals surface area contributed by atoms with Crippen molar-refractivity contribution in [1.82, 2.24) is 20.2 Å². The molecule has 0 spiro atoms. The number of aliphatic hydroxyl groups is 1. The van der Waals surface area contributed by atoms with Crippen LogP contribution in [0.4, 0.5) is 5.69 Å². The van der Waals surface area contributed by atoms with Gasteiger partial charge < -0.3 is 29.7 Å². The Balaban J connectivity index is 1.12. The van der Waals surface area contributed by atoms with Gasteiger partial charge in [-0.15, -0.1) is 5.10 Å². The number of cyclic esters (lactones) is 2. The Morgan fingerprint density at radius 1 is 0.918 bits per heavy atom. The number of hydrogen-bond donors (Lipinski definition) is 3. The van der Waals surface area contributed by atoms with Crippen molar-refractivity contribution in [2.45, 2.75) is 37.2 Å². The molecule has 0 bridgehead atoms. The minimum absolute atomic E-state index is 0.0450. The number of carbonyl (C=O) groups is 3. The van der Waals surface area contributed by atoms with Gasteiger partial charge in [0.2, 0.25) is 5.16 Å². The van der Waals surface area contributed by atoms with Crippen molar-refractivity contribution < 1.29 is 38.8 Å². The van der Waals surface area contributed by atoms with Gasteiger partial charge in [0, 0.05) is 28.5 Å². The Morgan fingerprint density at radius 2 is 1.69 bits per heavy atom. The van der Waals surface area contributed by atoms with Gasteiger partial charge in [0.05, 0.1) is 35.6 Å². The van der Waals surface area contributed by atoms with Crippen LogP contribution in [0.5, 0.6) is 5.75 Å². The highest BCUT2D eigenvalue weighted by atomic mass is 32.2. The van der Waals surface area contributed by atoms with Crippen molar-refractivity contribution in [2.75, 3.05) is 11.1 Å². The highest BCUT2D eigenvalue weighted by Crippen LogP contribution is 2.43. The van der Waals surface area contributed by atoms with Gasteiger partial charge in [-0.25, -0.2) is 9.59 Å². The van der Waals surface area contributed by atoms with Gasteiger partial charge in [-0.1, -0.05) is 55.1 Å². The second-order valence-electron chi connectivity index (χ2n) is 11.5. The lowest BCUT2D eigenvalue weighted by molar-refractivity contribution is -0.268. The number of fused-ring (bicyclic) bond motifs is 1. The van der Waals surface area contributed by atoms with Gasteiger partial charge in [-0.3, -0.25) is 4.79 Å². The van der Waals surface area contributed by atoms with Crippen LogP contribution in [0.1, 0.15) is 67.1 Å². The summed E-state index contributed by atoms with van der Waals surface area (Å²) in [6.07, 6.45) is -1.52. The number of esters is 2. The number of benzene rings is 4. The molecule has 49 heavy (non-hydrogen) atoms. The Labute approximate surface area is 283 Å². The van der Waals surface area contributed by atoms with E-state index in [-0.39, 0.29) is 47.2 Å². The van der Waals surface area contributed by atoms with Crippen LogP contribution in [-0.4, -0.2) is 60.1 Å². The maximum atomic E-state index is 13.2. The number of phenols is 1. The molecule has 1 fully saturated rings. The maximum Gasteiger partial charge on any atom is 0.346 e. The molecule has 1 saturated heterocycles. The molecule has 1 amide bonds. The van der Waals surface area contributed by atoms with Crippen LogP contribution in [0.15, 0.2) is 96.2 Å². The van der Waals surface area contributed by atoms with Gasteiger partial charge >= 0.3 is 11.9 Å². The summed E-state index contributed by atoms with van der Waals surface area (Å²) in [6.45, 7) is 1.97. The Morgan fingerprint density at radius 3 is 2.47 bits per heavy atom. The average Bonchev–Trinajstić information content (AvgIpc) is 3.71. The molecule has 4 unspecified atom stereocenters. The number of aromatic nitrogens is 4. The summed E-state index contributed by atoms with van der Waals surface area (Å²) in [5.74, 6) is -1.50. The summed E-state index contributed by atoms with van der Waals surface area (Å²) in [4.78, 5) is 37.0. The first-order valence-electron chi connectivity index (χ1n) is 15.3. The van der Waals surface area contributed by atoms with Crippen molar-refractivity contribution >= 4 is 35.3 Å². The number of ether oxygens (including phenoxy) is 3. The van der Waals surface area contributed by atoms with Gasteiger partial charge in [-0.2, -0.15) is 4.68 Å². The van der Waals surface area contributed by atoms with Crippen molar-refractivity contribution in [1.29, 1.82) is 0 Å². The molecule has 7 rings (SSSR count). The molecule has 4 aromatic carbocycles. The maximum absolute atomic E-state index is 13.2. The fraction of sp³-hybridized carbons (Fsp3) is 0.200. The van der Waals surface area contributed by atoms with E-state index in [1.807, 2.05) is 37.3 Å². The summed E-state index contributed by atoms with van der Waals surface area (Å²) in [7, 11) is 0. The Kier molecular flexibility index (Phi) is 8.93. The van der Waals surface area contributed by atoms with Crippen LogP contribution in [0.25, 0.3) is 5.69 Å². The number of rotatable bonds is 9. The molecule has 0 aliphatic carbocycles. The molecule has 4 atom stereocenters. The number of amides is 1. The SMILES string of the molecule is CC1C(CSc2nnnn2-c2ccc(O)cc2)OC(c2cccc(NC(=O)c3ccc4c(c3)C(=O)OC4=O)c2)OC1c1ccc(CO)cc1. The van der Waals surface area contributed by atoms with Crippen LogP contribution in [0.2, 0.25) is 0 Å². The summed E-state index contributed by atoms with van der Waals surface area (Å²) in [5, 5.41) is 34.8. The van der Waals surface area contributed by atoms with E-state index < -0.39 is 24.1 Å². The van der Waals surface area contributed by atoms with Crippen LogP contribution < -0.4 is 5.32 Å². The second kappa shape index (κ2) is 13.6. The molecular weight excluding hydrogens is 650 g/mol. The first kappa shape index (κ1) is 32.2. The first-order chi connectivity index (χ1) is 23.8. The first-order valence-corrected chi connectivity index (χ1v) is 16.3. The zero-order valence-corrected chi connectivity index (χ0v) is 26.7. The van der Waals surface area contributed by atoms with Crippen LogP contribution >= 0.6 is 11.8 Å². The van der Waals surface area contributed by atoms with E-state index in [0.29, 0.717) is 27.8 Å². The minimum atomic E-state index is -0.810. The lowest BCUT2D eigenvalue weighted by Crippen LogP contribution is -2.38. The average molecular weight is 680 g/mol. The lowest BCUT2D eigenvalue weighted by atomic mass is 9.91. The molecule has 14 heteroatoms. The molecule has 1 aromatic heterocycles. The molecule has 0 saturated carbocycles. The van der Waals surface area contributed by atoms with Crippen LogP contribution in [-0.2, 0) is 20.8 Å². The normalized spacial score (nSPS) is 20.1. The molecule has 2 aliphatic rings. The highest BCUT2D eigenvalue weighted by molar-refractivity contribution is 7.99. The monoisotopic (exact) mass is 679 g/mol. The van der Waals surface area contributed by atoms with Crippen molar-refractivity contribution in [2.24, 2.45) is 5.92 Å². The number of anilines is 1. The molecule has 248 valence electrons. The molecule has 5 aromatic rings. The zero-order chi connectivity index (χ0) is 34.1. The standard InChI is InChI=1S/C35H29N5O8S/c1-19-29(18-49-35-37-38-39-40(35)25-10-12-26(42)13-11-25)46-34(47-30(19)21-7-5-20(17-41)6-8-21)23-3-2-4-24(15-23)36-31(43)22-9-14-27-28(16-22)33(45)48-32(27)44/h2-16,19,29-30,34,41-42H,17-18H2,1H3,(H,36,43). The topological polar surface area (TPSA) is 175 Å². The van der Waals surface area contributed by atoms with Crippen molar-refractivity contribution in [3.05, 3.63) is 124 Å². The number of nitrogens with one attached hydrogen (secondary N) is 1. The number of phenolic OH excluding ortho intramolecular Hbond substituents is 1. The van der Waals surface area contributed by atoms with Gasteiger partial charge in [0.15, 0.2) is 6.29 Å². The predicted octanol–water partition coefficient (Wildman–Crippen LogP) is 5.01. The fourth-order valence-electron chi connectivity index (χ4n) is 5.68. The summed E-state index contributed by atoms with van der Waals surface area (Å²) >= 11 is 1.42. The number of hydrogen-bond acceptors (Lipinski definition) is 12. The third kappa shape index (κ3) is 6.67. The largest absolute Gasteiger partial charge is 0.508 e. The number of aliphatic hydroxyl groups excluding tert-OH is 1. The summed E-state index contributed by atoms with van der Waals surface area (Å²) < 4.78 is 19.4. The number of carbonyl (C=O) groups excluding carboxylic acids is 3. The van der Waals surface area contributed by atoms with Gasteiger partial charge in [0.1, 0.15) is 5.75 Å². The van der Waals surface area contributed by atoms with E-state index in [9.17, 15) is 24.6 Å². The van der Waals surface area contributed by atoms with Gasteiger partial charge in [0.25, 0.3) is 5.91 Å². The predicted molar refractivity (Wildman–Crippen MR) is 175 cm³/mol. The minimum Gasteiger partial charge on any atom is -0.508 e. The number of aromatic hydroxyl groups is 1. The molecule has 3 N–H and O–H groups in total. The molecule has 3 heterocycles. The third-order valence-corrected chi connectivity index (χ3v) is 9.37. The molecular formula is C35H29N5O8S. The highest BCUT2D eigenvalue weighted by Gasteiger charge is 2.39. The second-order valence-corrected chi connectivity index (χ2v) is 12.5. The molecule has 2 aliphatic heterocycles. The Hall–Kier alpha value is -5.41. The third-order valence-electron chi connectivity index (χ3n) is 8.36. The van der Waals surface area contributed by atoms with Crippen molar-refractivity contribution in [3.8, 4) is 11.4 Å². The number of tetrazole rings is 1. The number of nitrogens with zero attached hydrogens (tertiary/aromatic N) is 4. The summed E-state index contributed by atoms with van der Waals surface area (Å²) in [5.41, 5.74) is 3.87. The van der Waals surface area contributed by atoms with Crippen LogP contribution in [0.3, 0.4) is 0 Å². The zero-order valence-electron chi connectivity index (χ0n) is 25.9. The van der Waals surface area contributed by atoms with E-state index >= 15 is 0 Å². The smallest absolute Gasteiger partial charge is 0.346 e. The van der Waals surface area contributed by atoms with E-state index in [4.69, 9.17) is 9.47 Å². The van der Waals surface area contributed by atoms with E-state index in [1.54, 1.807) is 47.1 Å². The number of thioether (sulfide) groups is 1. The quantitative estimate of drug-likeness (QED) is 0.108. The summed E-state index contributed by atoms with van der Waals surface area (Å²) in [6, 6.07) is 25.4. The van der Waals surface area contributed by atoms with Crippen molar-refractivity contribution in [3.63, 3.8) is 0 Å². The van der Waals surface area contributed by atoms with Crippen LogP contribution in [0, 0.1) is 5.92 Å². The Bertz CT molecular complexity index is 2030. The lowest BCUT2D eigenvalue weighted by Gasteiger charge is -2.41. The fourth-order valence-corrected chi connectivity index (χ4v) is 6.74. The van der Waals surface area contributed by atoms with Gasteiger partial charge in [-0.05, 0) is 76.2 Å². The van der Waals surface area contributed by atoms with E-state index in [2.05, 4.69) is 25.6 Å². The molecule has 0 radical (unpaired) electrons. The molecule has 13 nitrogen and oxygen atoms in total. The van der Waals surface area contributed by atoms with E-state index in [0.717, 1.165) is 11.1 Å². The van der Waals surface area contributed by atoms with E-state index in [1.165, 1.54) is 30.0 Å².